The smallest absolute Gasteiger partial charge is 0.327 e. The molecule has 0 aromatic heterocycles. The zero-order valence-corrected chi connectivity index (χ0v) is 15.6. The van der Waals surface area contributed by atoms with Crippen molar-refractivity contribution in [3.05, 3.63) is 114 Å². The second-order valence-electron chi connectivity index (χ2n) is 6.93. The summed E-state index contributed by atoms with van der Waals surface area (Å²) in [4.78, 5) is 14.9. The van der Waals surface area contributed by atoms with Gasteiger partial charge in [0.25, 0.3) is 0 Å². The molecule has 0 amide bonds. The maximum absolute atomic E-state index is 12.7. The van der Waals surface area contributed by atoms with Crippen LogP contribution < -0.4 is 0 Å². The van der Waals surface area contributed by atoms with E-state index in [1.54, 1.807) is 0 Å². The van der Waals surface area contributed by atoms with Crippen molar-refractivity contribution in [2.75, 3.05) is 6.61 Å². The Hall–Kier alpha value is -3.17. The topological polar surface area (TPSA) is 29.5 Å². The molecule has 0 bridgehead atoms. The number of carbonyl (C=O) groups is 1. The van der Waals surface area contributed by atoms with E-state index in [2.05, 4.69) is 29.2 Å². The molecular formula is C25H23NO2. The lowest BCUT2D eigenvalue weighted by Gasteiger charge is -2.39. The third kappa shape index (κ3) is 4.21. The normalized spacial score (nSPS) is 20.2. The number of hydrogen-bond acceptors (Lipinski definition) is 3. The summed E-state index contributed by atoms with van der Waals surface area (Å²) in [6, 6.07) is 30.1. The fraction of sp³-hybridized carbons (Fsp3) is 0.160. The SMILES string of the molecule is O=C1OC[C@@H](c2ccccc2)N(Cc2ccccc2)[C@@H]1/C=C/c1ccccc1. The van der Waals surface area contributed by atoms with Crippen LogP contribution in [0.15, 0.2) is 97.1 Å². The predicted molar refractivity (Wildman–Crippen MR) is 111 cm³/mol. The molecule has 3 nitrogen and oxygen atoms in total. The minimum atomic E-state index is -0.431. The standard InChI is InChI=1S/C25H23NO2/c27-25-23(17-16-20-10-4-1-5-11-20)26(18-21-12-6-2-7-13-21)24(19-28-25)22-14-8-3-9-15-22/h1-17,23-24H,18-19H2/b17-16+/t23-,24+/m1/s1. The molecule has 3 aromatic carbocycles. The van der Waals surface area contributed by atoms with Crippen molar-refractivity contribution >= 4 is 12.0 Å². The summed E-state index contributed by atoms with van der Waals surface area (Å²) in [5, 5.41) is 0. The zero-order valence-electron chi connectivity index (χ0n) is 15.6. The third-order valence-electron chi connectivity index (χ3n) is 5.05. The van der Waals surface area contributed by atoms with Gasteiger partial charge in [0.15, 0.2) is 0 Å². The Morgan fingerprint density at radius 2 is 1.46 bits per heavy atom. The van der Waals surface area contributed by atoms with Crippen molar-refractivity contribution < 1.29 is 9.53 Å². The Balaban J connectivity index is 1.67. The molecule has 0 saturated carbocycles. The van der Waals surface area contributed by atoms with Gasteiger partial charge in [0, 0.05) is 6.54 Å². The molecule has 3 aromatic rings. The molecule has 0 spiro atoms. The Kier molecular flexibility index (Phi) is 5.64. The summed E-state index contributed by atoms with van der Waals surface area (Å²) < 4.78 is 5.58. The third-order valence-corrected chi connectivity index (χ3v) is 5.05. The lowest BCUT2D eigenvalue weighted by atomic mass is 10.00. The molecule has 3 heteroatoms. The van der Waals surface area contributed by atoms with Gasteiger partial charge in [-0.3, -0.25) is 4.90 Å². The average Bonchev–Trinajstić information content (AvgIpc) is 2.76. The Labute approximate surface area is 165 Å². The van der Waals surface area contributed by atoms with Crippen molar-refractivity contribution in [2.45, 2.75) is 18.6 Å². The first kappa shape index (κ1) is 18.2. The van der Waals surface area contributed by atoms with E-state index in [1.807, 2.05) is 78.9 Å². The van der Waals surface area contributed by atoms with Gasteiger partial charge in [0.1, 0.15) is 12.6 Å². The van der Waals surface area contributed by atoms with Crippen molar-refractivity contribution in [1.82, 2.24) is 4.90 Å². The van der Waals surface area contributed by atoms with Gasteiger partial charge >= 0.3 is 5.97 Å². The van der Waals surface area contributed by atoms with E-state index in [0.29, 0.717) is 13.2 Å². The van der Waals surface area contributed by atoms with Crippen LogP contribution in [0.4, 0.5) is 0 Å². The van der Waals surface area contributed by atoms with E-state index < -0.39 is 6.04 Å². The summed E-state index contributed by atoms with van der Waals surface area (Å²) in [5.41, 5.74) is 3.40. The predicted octanol–water partition coefficient (Wildman–Crippen LogP) is 4.87. The zero-order chi connectivity index (χ0) is 19.2. The second kappa shape index (κ2) is 8.68. The van der Waals surface area contributed by atoms with E-state index in [9.17, 15) is 4.79 Å². The average molecular weight is 369 g/mol. The van der Waals surface area contributed by atoms with Crippen LogP contribution in [0.2, 0.25) is 0 Å². The number of hydrogen-bond donors (Lipinski definition) is 0. The van der Waals surface area contributed by atoms with Crippen LogP contribution >= 0.6 is 0 Å². The molecule has 1 aliphatic heterocycles. The number of morpholine rings is 1. The van der Waals surface area contributed by atoms with Crippen LogP contribution in [0.3, 0.4) is 0 Å². The molecule has 1 fully saturated rings. The highest BCUT2D eigenvalue weighted by molar-refractivity contribution is 5.80. The maximum atomic E-state index is 12.7. The number of esters is 1. The number of ether oxygens (including phenoxy) is 1. The van der Waals surface area contributed by atoms with Gasteiger partial charge in [-0.1, -0.05) is 103 Å². The Morgan fingerprint density at radius 1 is 0.857 bits per heavy atom. The highest BCUT2D eigenvalue weighted by atomic mass is 16.5. The maximum Gasteiger partial charge on any atom is 0.327 e. The summed E-state index contributed by atoms with van der Waals surface area (Å²) in [6.07, 6.45) is 3.95. The van der Waals surface area contributed by atoms with E-state index in [0.717, 1.165) is 11.1 Å². The molecule has 0 radical (unpaired) electrons. The summed E-state index contributed by atoms with van der Waals surface area (Å²) >= 11 is 0. The first-order valence-electron chi connectivity index (χ1n) is 9.56. The van der Waals surface area contributed by atoms with Gasteiger partial charge in [-0.25, -0.2) is 4.79 Å². The first-order valence-corrected chi connectivity index (χ1v) is 9.56. The van der Waals surface area contributed by atoms with Crippen LogP contribution in [0.5, 0.6) is 0 Å². The van der Waals surface area contributed by atoms with Gasteiger partial charge in [0.2, 0.25) is 0 Å². The fourth-order valence-electron chi connectivity index (χ4n) is 3.59. The molecule has 1 heterocycles. The van der Waals surface area contributed by atoms with Crippen LogP contribution in [0, 0.1) is 0 Å². The van der Waals surface area contributed by atoms with E-state index in [1.165, 1.54) is 5.56 Å². The van der Waals surface area contributed by atoms with Gasteiger partial charge in [0.05, 0.1) is 6.04 Å². The van der Waals surface area contributed by atoms with Crippen LogP contribution in [0.1, 0.15) is 22.7 Å². The molecule has 0 unspecified atom stereocenters. The van der Waals surface area contributed by atoms with Gasteiger partial charge in [-0.05, 0) is 16.7 Å². The largest absolute Gasteiger partial charge is 0.462 e. The van der Waals surface area contributed by atoms with Crippen molar-refractivity contribution in [2.24, 2.45) is 0 Å². The van der Waals surface area contributed by atoms with Crippen LogP contribution in [0.25, 0.3) is 6.08 Å². The highest BCUT2D eigenvalue weighted by Gasteiger charge is 2.37. The Bertz CT molecular complexity index is 923. The molecular weight excluding hydrogens is 346 g/mol. The highest BCUT2D eigenvalue weighted by Crippen LogP contribution is 2.30. The molecule has 2 atom stereocenters. The molecule has 1 saturated heterocycles. The number of rotatable bonds is 5. The molecule has 4 rings (SSSR count). The number of carbonyl (C=O) groups excluding carboxylic acids is 1. The summed E-state index contributed by atoms with van der Waals surface area (Å²) in [5.74, 6) is -0.199. The number of benzene rings is 3. The minimum Gasteiger partial charge on any atom is -0.462 e. The van der Waals surface area contributed by atoms with Crippen LogP contribution in [-0.4, -0.2) is 23.5 Å². The second-order valence-corrected chi connectivity index (χ2v) is 6.93. The summed E-state index contributed by atoms with van der Waals surface area (Å²) in [7, 11) is 0. The van der Waals surface area contributed by atoms with Gasteiger partial charge in [-0.2, -0.15) is 0 Å². The lowest BCUT2D eigenvalue weighted by molar-refractivity contribution is -0.160. The number of nitrogens with zero attached hydrogens (tertiary/aromatic N) is 1. The van der Waals surface area contributed by atoms with E-state index in [-0.39, 0.29) is 12.0 Å². The molecule has 0 N–H and O–H groups in total. The fourth-order valence-corrected chi connectivity index (χ4v) is 3.59. The van der Waals surface area contributed by atoms with E-state index in [4.69, 9.17) is 4.74 Å². The van der Waals surface area contributed by atoms with E-state index >= 15 is 0 Å². The number of cyclic esters (lactones) is 1. The van der Waals surface area contributed by atoms with Crippen LogP contribution in [-0.2, 0) is 16.1 Å². The molecule has 0 aliphatic carbocycles. The quantitative estimate of drug-likeness (QED) is 0.601. The monoisotopic (exact) mass is 369 g/mol. The van der Waals surface area contributed by atoms with Crippen molar-refractivity contribution in [3.63, 3.8) is 0 Å². The summed E-state index contributed by atoms with van der Waals surface area (Å²) in [6.45, 7) is 1.05. The van der Waals surface area contributed by atoms with Gasteiger partial charge in [-0.15, -0.1) is 0 Å². The van der Waals surface area contributed by atoms with Crippen molar-refractivity contribution in [1.29, 1.82) is 0 Å². The minimum absolute atomic E-state index is 0.0181. The van der Waals surface area contributed by atoms with Crippen molar-refractivity contribution in [3.8, 4) is 0 Å². The molecule has 140 valence electrons. The molecule has 28 heavy (non-hydrogen) atoms. The first-order chi connectivity index (χ1) is 13.8. The Morgan fingerprint density at radius 3 is 2.14 bits per heavy atom. The molecule has 1 aliphatic rings. The van der Waals surface area contributed by atoms with Gasteiger partial charge < -0.3 is 4.74 Å². The lowest BCUT2D eigenvalue weighted by Crippen LogP contribution is -2.49.